The van der Waals surface area contributed by atoms with E-state index in [1.165, 1.54) is 16.7 Å². The molecule has 5 heteroatoms. The summed E-state index contributed by atoms with van der Waals surface area (Å²) in [6.07, 6.45) is 0.568. The molecule has 3 heterocycles. The van der Waals surface area contributed by atoms with Gasteiger partial charge in [0.1, 0.15) is 5.75 Å². The Kier molecular flexibility index (Phi) is 3.78. The van der Waals surface area contributed by atoms with Crippen molar-refractivity contribution >= 4 is 5.71 Å². The Morgan fingerprint density at radius 2 is 1.73 bits per heavy atom. The minimum Gasteiger partial charge on any atom is -0.464 e. The van der Waals surface area contributed by atoms with Gasteiger partial charge < -0.3 is 14.2 Å². The molecule has 0 spiro atoms. The van der Waals surface area contributed by atoms with Gasteiger partial charge in [-0.2, -0.15) is 5.10 Å². The molecule has 0 aromatic heterocycles. The molecule has 0 N–H and O–H groups in total. The van der Waals surface area contributed by atoms with Gasteiger partial charge in [-0.25, -0.2) is 5.01 Å². The molecule has 3 aliphatic heterocycles. The molecular formula is C25H22N2O3. The summed E-state index contributed by atoms with van der Waals surface area (Å²) in [6.45, 7) is 4.53. The van der Waals surface area contributed by atoms with Crippen LogP contribution in [0.1, 0.15) is 46.5 Å². The molecule has 0 radical (unpaired) electrons. The lowest BCUT2D eigenvalue weighted by molar-refractivity contribution is -0.0194. The number of ether oxygens (including phenoxy) is 3. The third-order valence-electron chi connectivity index (χ3n) is 6.10. The standard InChI is InChI=1S/C25H22N2O3/c1-15-7-9-18(16(2)11-15)25-27-21(19-5-3-4-6-22(19)30-25)13-20(26-27)17-8-10-23-24(12-17)29-14-28-23/h3-12,21,25H,13-14H2,1-2H3/t21-,25-/m1/s1. The number of aryl methyl sites for hydroxylation is 2. The number of hydrazone groups is 1. The maximum absolute atomic E-state index is 6.48. The molecule has 5 nitrogen and oxygen atoms in total. The van der Waals surface area contributed by atoms with Crippen molar-refractivity contribution in [2.45, 2.75) is 32.5 Å². The van der Waals surface area contributed by atoms with E-state index in [4.69, 9.17) is 19.3 Å². The van der Waals surface area contributed by atoms with Crippen LogP contribution >= 0.6 is 0 Å². The van der Waals surface area contributed by atoms with Crippen molar-refractivity contribution in [3.63, 3.8) is 0 Å². The maximum atomic E-state index is 6.48. The highest BCUT2D eigenvalue weighted by Gasteiger charge is 2.41. The number of rotatable bonds is 2. The van der Waals surface area contributed by atoms with Crippen molar-refractivity contribution in [1.29, 1.82) is 0 Å². The zero-order valence-corrected chi connectivity index (χ0v) is 17.0. The zero-order valence-electron chi connectivity index (χ0n) is 17.0. The molecule has 30 heavy (non-hydrogen) atoms. The molecule has 0 bridgehead atoms. The minimum absolute atomic E-state index is 0.140. The van der Waals surface area contributed by atoms with E-state index >= 15 is 0 Å². The lowest BCUT2D eigenvalue weighted by Crippen LogP contribution is -2.34. The lowest BCUT2D eigenvalue weighted by atomic mass is 9.95. The molecule has 0 saturated carbocycles. The average Bonchev–Trinajstić information content (AvgIpc) is 3.40. The molecule has 3 aliphatic rings. The van der Waals surface area contributed by atoms with E-state index in [1.54, 1.807) is 0 Å². The summed E-state index contributed by atoms with van der Waals surface area (Å²) in [5, 5.41) is 7.18. The molecule has 0 aliphatic carbocycles. The Morgan fingerprint density at radius 1 is 0.867 bits per heavy atom. The number of hydrogen-bond acceptors (Lipinski definition) is 5. The Hall–Kier alpha value is -3.47. The van der Waals surface area contributed by atoms with Crippen LogP contribution in [0.3, 0.4) is 0 Å². The van der Waals surface area contributed by atoms with Crippen molar-refractivity contribution in [1.82, 2.24) is 5.01 Å². The smallest absolute Gasteiger partial charge is 0.231 e. The Bertz CT molecular complexity index is 1190. The summed E-state index contributed by atoms with van der Waals surface area (Å²) >= 11 is 0. The summed E-state index contributed by atoms with van der Waals surface area (Å²) in [6, 6.07) is 21.0. The van der Waals surface area contributed by atoms with Crippen molar-refractivity contribution in [2.75, 3.05) is 6.79 Å². The summed E-state index contributed by atoms with van der Waals surface area (Å²) in [5.41, 5.74) is 6.88. The van der Waals surface area contributed by atoms with Crippen LogP contribution in [0, 0.1) is 13.8 Å². The Balaban J connectivity index is 1.44. The van der Waals surface area contributed by atoms with E-state index in [1.807, 2.05) is 18.2 Å². The van der Waals surface area contributed by atoms with E-state index in [-0.39, 0.29) is 19.1 Å². The second-order valence-electron chi connectivity index (χ2n) is 8.08. The van der Waals surface area contributed by atoms with Gasteiger partial charge in [-0.05, 0) is 43.7 Å². The number of benzene rings is 3. The molecule has 2 atom stereocenters. The molecular weight excluding hydrogens is 376 g/mol. The fourth-order valence-corrected chi connectivity index (χ4v) is 4.59. The molecule has 3 aromatic carbocycles. The highest BCUT2D eigenvalue weighted by molar-refractivity contribution is 6.02. The highest BCUT2D eigenvalue weighted by Crippen LogP contribution is 2.48. The summed E-state index contributed by atoms with van der Waals surface area (Å²) < 4.78 is 17.5. The topological polar surface area (TPSA) is 43.3 Å². The third-order valence-corrected chi connectivity index (χ3v) is 6.10. The SMILES string of the molecule is Cc1ccc([C@H]2Oc3ccccc3[C@H]3CC(c4ccc5c(c4)OCO5)=NN32)c(C)c1. The fourth-order valence-electron chi connectivity index (χ4n) is 4.59. The highest BCUT2D eigenvalue weighted by atomic mass is 16.7. The second-order valence-corrected chi connectivity index (χ2v) is 8.08. The van der Waals surface area contributed by atoms with Crippen LogP contribution in [-0.4, -0.2) is 17.5 Å². The fraction of sp³-hybridized carbons (Fsp3) is 0.240. The van der Waals surface area contributed by atoms with Gasteiger partial charge in [0.25, 0.3) is 0 Å². The molecule has 0 fully saturated rings. The summed E-state index contributed by atoms with van der Waals surface area (Å²) in [5.74, 6) is 2.51. The van der Waals surface area contributed by atoms with E-state index in [2.05, 4.69) is 61.3 Å². The quantitative estimate of drug-likeness (QED) is 0.589. The van der Waals surface area contributed by atoms with Gasteiger partial charge >= 0.3 is 0 Å². The van der Waals surface area contributed by atoms with Crippen LogP contribution in [0.5, 0.6) is 17.2 Å². The second kappa shape index (κ2) is 6.52. The Labute approximate surface area is 175 Å². The lowest BCUT2D eigenvalue weighted by Gasteiger charge is -2.38. The zero-order chi connectivity index (χ0) is 20.2. The molecule has 0 unspecified atom stereocenters. The van der Waals surface area contributed by atoms with Crippen molar-refractivity contribution in [3.05, 3.63) is 88.5 Å². The van der Waals surface area contributed by atoms with E-state index in [0.717, 1.165) is 40.5 Å². The number of para-hydroxylation sites is 1. The van der Waals surface area contributed by atoms with Gasteiger partial charge in [-0.15, -0.1) is 0 Å². The number of hydrogen-bond donors (Lipinski definition) is 0. The van der Waals surface area contributed by atoms with Gasteiger partial charge in [-0.3, -0.25) is 0 Å². The average molecular weight is 398 g/mol. The van der Waals surface area contributed by atoms with E-state index < -0.39 is 0 Å². The van der Waals surface area contributed by atoms with Crippen LogP contribution in [-0.2, 0) is 0 Å². The summed E-state index contributed by atoms with van der Waals surface area (Å²) in [4.78, 5) is 0. The molecule has 0 amide bonds. The largest absolute Gasteiger partial charge is 0.464 e. The predicted molar refractivity (Wildman–Crippen MR) is 114 cm³/mol. The van der Waals surface area contributed by atoms with Crippen molar-refractivity contribution in [2.24, 2.45) is 5.10 Å². The Morgan fingerprint density at radius 3 is 2.63 bits per heavy atom. The van der Waals surface area contributed by atoms with Crippen LogP contribution in [0.15, 0.2) is 65.8 Å². The maximum Gasteiger partial charge on any atom is 0.231 e. The number of nitrogens with zero attached hydrogens (tertiary/aromatic N) is 2. The molecule has 6 rings (SSSR count). The first kappa shape index (κ1) is 17.4. The number of fused-ring (bicyclic) bond motifs is 4. The van der Waals surface area contributed by atoms with E-state index in [0.29, 0.717) is 0 Å². The van der Waals surface area contributed by atoms with Crippen molar-refractivity contribution in [3.8, 4) is 17.2 Å². The van der Waals surface area contributed by atoms with Gasteiger partial charge in [0.15, 0.2) is 11.5 Å². The van der Waals surface area contributed by atoms with Crippen LogP contribution in [0.25, 0.3) is 0 Å². The first-order valence-corrected chi connectivity index (χ1v) is 10.3. The van der Waals surface area contributed by atoms with Crippen LogP contribution < -0.4 is 14.2 Å². The van der Waals surface area contributed by atoms with Gasteiger partial charge in [-0.1, -0.05) is 42.0 Å². The first-order valence-electron chi connectivity index (χ1n) is 10.3. The molecule has 150 valence electrons. The molecule has 0 saturated heterocycles. The van der Waals surface area contributed by atoms with Gasteiger partial charge in [0, 0.05) is 23.1 Å². The monoisotopic (exact) mass is 398 g/mol. The van der Waals surface area contributed by atoms with Crippen LogP contribution in [0.4, 0.5) is 0 Å². The van der Waals surface area contributed by atoms with Gasteiger partial charge in [0.05, 0.1) is 11.8 Å². The summed E-state index contributed by atoms with van der Waals surface area (Å²) in [7, 11) is 0. The normalized spacial score (nSPS) is 21.0. The van der Waals surface area contributed by atoms with Gasteiger partial charge in [0.2, 0.25) is 13.0 Å². The predicted octanol–water partition coefficient (Wildman–Crippen LogP) is 5.27. The van der Waals surface area contributed by atoms with Crippen LogP contribution in [0.2, 0.25) is 0 Å². The van der Waals surface area contributed by atoms with Crippen molar-refractivity contribution < 1.29 is 14.2 Å². The third kappa shape index (κ3) is 2.65. The minimum atomic E-state index is -0.253. The van der Waals surface area contributed by atoms with E-state index in [9.17, 15) is 0 Å². The first-order chi connectivity index (χ1) is 14.7. The molecule has 3 aromatic rings.